The zero-order valence-corrected chi connectivity index (χ0v) is 18.4. The average Bonchev–Trinajstić information content (AvgIpc) is 3.28. The minimum atomic E-state index is -0.564. The monoisotopic (exact) mass is 442 g/mol. The summed E-state index contributed by atoms with van der Waals surface area (Å²) in [6.45, 7) is 5.68. The number of hydrogen-bond acceptors (Lipinski definition) is 6. The van der Waals surface area contributed by atoms with E-state index in [0.717, 1.165) is 37.9 Å². The van der Waals surface area contributed by atoms with Gasteiger partial charge >= 0.3 is 0 Å². The molecule has 164 valence electrons. The molecule has 1 heterocycles. The van der Waals surface area contributed by atoms with Crippen LogP contribution >= 0.6 is 12.2 Å². The number of phenols is 1. The van der Waals surface area contributed by atoms with Gasteiger partial charge in [0.1, 0.15) is 11.4 Å². The van der Waals surface area contributed by atoms with Crippen LogP contribution in [0.25, 0.3) is 0 Å². The summed E-state index contributed by atoms with van der Waals surface area (Å²) in [6.07, 6.45) is 2.92. The third kappa shape index (κ3) is 5.29. The van der Waals surface area contributed by atoms with E-state index in [1.807, 2.05) is 11.0 Å². The smallest absolute Gasteiger partial charge is 0.293 e. The Balaban J connectivity index is 1.73. The molecule has 0 spiro atoms. The van der Waals surface area contributed by atoms with Gasteiger partial charge in [0, 0.05) is 24.7 Å². The van der Waals surface area contributed by atoms with Crippen LogP contribution in [0.1, 0.15) is 54.9 Å². The molecule has 31 heavy (non-hydrogen) atoms. The van der Waals surface area contributed by atoms with Crippen molar-refractivity contribution in [3.05, 3.63) is 57.6 Å². The van der Waals surface area contributed by atoms with Crippen LogP contribution in [0.4, 0.5) is 17.1 Å². The fourth-order valence-electron chi connectivity index (χ4n) is 3.56. The third-order valence-corrected chi connectivity index (χ3v) is 5.76. The van der Waals surface area contributed by atoms with Crippen molar-refractivity contribution in [1.29, 1.82) is 0 Å². The van der Waals surface area contributed by atoms with Crippen molar-refractivity contribution in [1.82, 2.24) is 5.32 Å². The first-order valence-corrected chi connectivity index (χ1v) is 10.7. The van der Waals surface area contributed by atoms with E-state index in [1.165, 1.54) is 6.07 Å². The van der Waals surface area contributed by atoms with E-state index in [4.69, 9.17) is 12.2 Å². The molecule has 2 aromatic rings. The van der Waals surface area contributed by atoms with Crippen molar-refractivity contribution in [3.8, 4) is 5.75 Å². The lowest BCUT2D eigenvalue weighted by Crippen LogP contribution is -2.34. The molecule has 3 rings (SSSR count). The van der Waals surface area contributed by atoms with Gasteiger partial charge < -0.3 is 15.3 Å². The standard InChI is InChI=1S/C22H26N4O4S/c1-3-14(2)15-7-9-20(27)17(12-15)23-22(31)24-21(28)16-6-8-18(19(13-16)26(29)30)25-10-4-5-11-25/h6-9,12-14,27H,3-5,10-11H2,1-2H3,(H2,23,24,28,31)/t14-/m0/s1. The number of nitro benzene ring substituents is 1. The van der Waals surface area contributed by atoms with Crippen LogP contribution in [0.15, 0.2) is 36.4 Å². The molecule has 0 aromatic heterocycles. The summed E-state index contributed by atoms with van der Waals surface area (Å²) in [5.74, 6) is -0.251. The minimum absolute atomic E-state index is 0.00660. The SMILES string of the molecule is CC[C@H](C)c1ccc(O)c(NC(=S)NC(=O)c2ccc(N3CCCC3)c([N+](=O)[O-])c2)c1. The minimum Gasteiger partial charge on any atom is -0.506 e. The van der Waals surface area contributed by atoms with Crippen LogP contribution < -0.4 is 15.5 Å². The molecule has 0 bridgehead atoms. The first-order chi connectivity index (χ1) is 14.8. The Morgan fingerprint density at radius 2 is 1.97 bits per heavy atom. The second kappa shape index (κ2) is 9.74. The molecule has 1 aliphatic rings. The summed E-state index contributed by atoms with van der Waals surface area (Å²) in [6, 6.07) is 9.65. The van der Waals surface area contributed by atoms with E-state index in [9.17, 15) is 20.0 Å². The summed E-state index contributed by atoms with van der Waals surface area (Å²) < 4.78 is 0. The maximum absolute atomic E-state index is 12.6. The molecule has 0 unspecified atom stereocenters. The number of carbonyl (C=O) groups excluding carboxylic acids is 1. The van der Waals surface area contributed by atoms with Gasteiger partial charge in [-0.1, -0.05) is 19.9 Å². The van der Waals surface area contributed by atoms with Crippen molar-refractivity contribution >= 4 is 40.3 Å². The first kappa shape index (κ1) is 22.5. The number of thiocarbonyl (C=S) groups is 1. The first-order valence-electron chi connectivity index (χ1n) is 10.3. The molecular weight excluding hydrogens is 416 g/mol. The van der Waals surface area contributed by atoms with E-state index in [0.29, 0.717) is 17.3 Å². The van der Waals surface area contributed by atoms with Crippen LogP contribution in [0.2, 0.25) is 0 Å². The number of amides is 1. The van der Waals surface area contributed by atoms with Crippen molar-refractivity contribution in [2.75, 3.05) is 23.3 Å². The lowest BCUT2D eigenvalue weighted by Gasteiger charge is -2.18. The number of nitrogens with one attached hydrogen (secondary N) is 2. The van der Waals surface area contributed by atoms with Gasteiger partial charge in [0.15, 0.2) is 5.11 Å². The topological polar surface area (TPSA) is 108 Å². The van der Waals surface area contributed by atoms with E-state index < -0.39 is 10.8 Å². The van der Waals surface area contributed by atoms with Gasteiger partial charge in [0.2, 0.25) is 0 Å². The molecule has 0 saturated carbocycles. The zero-order valence-electron chi connectivity index (χ0n) is 17.6. The van der Waals surface area contributed by atoms with Gasteiger partial charge in [-0.25, -0.2) is 0 Å². The third-order valence-electron chi connectivity index (χ3n) is 5.56. The quantitative estimate of drug-likeness (QED) is 0.261. The van der Waals surface area contributed by atoms with Gasteiger partial charge in [-0.2, -0.15) is 0 Å². The van der Waals surface area contributed by atoms with E-state index in [-0.39, 0.29) is 22.1 Å². The number of nitrogens with zero attached hydrogens (tertiary/aromatic N) is 2. The van der Waals surface area contributed by atoms with Gasteiger partial charge in [-0.05, 0) is 67.2 Å². The largest absolute Gasteiger partial charge is 0.506 e. The number of carbonyl (C=O) groups is 1. The summed E-state index contributed by atoms with van der Waals surface area (Å²) >= 11 is 5.21. The predicted octanol–water partition coefficient (Wildman–Crippen LogP) is 4.54. The molecule has 1 amide bonds. The highest BCUT2D eigenvalue weighted by Gasteiger charge is 2.24. The second-order valence-electron chi connectivity index (χ2n) is 7.65. The molecule has 8 nitrogen and oxygen atoms in total. The Kier molecular flexibility index (Phi) is 7.06. The number of hydrogen-bond donors (Lipinski definition) is 3. The molecule has 9 heteroatoms. The van der Waals surface area contributed by atoms with E-state index in [1.54, 1.807) is 24.3 Å². The van der Waals surface area contributed by atoms with E-state index in [2.05, 4.69) is 24.5 Å². The molecule has 0 radical (unpaired) electrons. The number of rotatable bonds is 6. The highest BCUT2D eigenvalue weighted by atomic mass is 32.1. The highest BCUT2D eigenvalue weighted by molar-refractivity contribution is 7.80. The lowest BCUT2D eigenvalue weighted by atomic mass is 9.98. The molecule has 2 aromatic carbocycles. The van der Waals surface area contributed by atoms with E-state index >= 15 is 0 Å². The highest BCUT2D eigenvalue weighted by Crippen LogP contribution is 2.32. The Hall–Kier alpha value is -3.20. The van der Waals surface area contributed by atoms with Crippen LogP contribution in [0, 0.1) is 10.1 Å². The summed E-state index contributed by atoms with van der Waals surface area (Å²) in [5.41, 5.74) is 1.97. The molecule has 1 fully saturated rings. The maximum Gasteiger partial charge on any atom is 0.293 e. The van der Waals surface area contributed by atoms with Gasteiger partial charge in [-0.15, -0.1) is 0 Å². The normalized spacial score (nSPS) is 14.2. The Morgan fingerprint density at radius 3 is 2.61 bits per heavy atom. The van der Waals surface area contributed by atoms with Gasteiger partial charge in [0.05, 0.1) is 10.6 Å². The number of nitro groups is 1. The van der Waals surface area contributed by atoms with Crippen LogP contribution in [-0.4, -0.2) is 34.1 Å². The average molecular weight is 443 g/mol. The number of aromatic hydroxyl groups is 1. The van der Waals surface area contributed by atoms with Crippen LogP contribution in [0.3, 0.4) is 0 Å². The molecule has 0 aliphatic carbocycles. The lowest BCUT2D eigenvalue weighted by molar-refractivity contribution is -0.384. The molecule has 1 atom stereocenters. The second-order valence-corrected chi connectivity index (χ2v) is 8.06. The number of benzene rings is 2. The Bertz CT molecular complexity index is 1010. The van der Waals surface area contributed by atoms with Crippen molar-refractivity contribution in [3.63, 3.8) is 0 Å². The van der Waals surface area contributed by atoms with Crippen molar-refractivity contribution in [2.45, 2.75) is 39.0 Å². The Morgan fingerprint density at radius 1 is 1.26 bits per heavy atom. The molecular formula is C22H26N4O4S. The van der Waals surface area contributed by atoms with Gasteiger partial charge in [0.25, 0.3) is 11.6 Å². The summed E-state index contributed by atoms with van der Waals surface area (Å²) in [5, 5.41) is 27.0. The zero-order chi connectivity index (χ0) is 22.5. The Labute approximate surface area is 186 Å². The van der Waals surface area contributed by atoms with Crippen LogP contribution in [-0.2, 0) is 0 Å². The van der Waals surface area contributed by atoms with Gasteiger partial charge in [-0.3, -0.25) is 20.2 Å². The van der Waals surface area contributed by atoms with Crippen molar-refractivity contribution < 1.29 is 14.8 Å². The fraction of sp³-hybridized carbons (Fsp3) is 0.364. The fourth-order valence-corrected chi connectivity index (χ4v) is 3.76. The summed E-state index contributed by atoms with van der Waals surface area (Å²) in [4.78, 5) is 25.7. The van der Waals surface area contributed by atoms with Crippen molar-refractivity contribution in [2.24, 2.45) is 0 Å². The molecule has 1 saturated heterocycles. The maximum atomic E-state index is 12.6. The molecule has 1 aliphatic heterocycles. The predicted molar refractivity (Wildman–Crippen MR) is 125 cm³/mol. The van der Waals surface area contributed by atoms with Crippen LogP contribution in [0.5, 0.6) is 5.75 Å². The molecule has 3 N–H and O–H groups in total. The number of phenolic OH excluding ortho intramolecular Hbond substituents is 1. The number of anilines is 2. The summed E-state index contributed by atoms with van der Waals surface area (Å²) in [7, 11) is 0.